The summed E-state index contributed by atoms with van der Waals surface area (Å²) in [6.45, 7) is 17.7. The summed E-state index contributed by atoms with van der Waals surface area (Å²) in [6, 6.07) is 6.42. The van der Waals surface area contributed by atoms with Crippen LogP contribution in [-0.4, -0.2) is 33.2 Å². The fourth-order valence-electron chi connectivity index (χ4n) is 3.28. The second-order valence-electron chi connectivity index (χ2n) is 8.57. The Bertz CT molecular complexity index is 958. The van der Waals surface area contributed by atoms with Crippen LogP contribution in [0.2, 0.25) is 0 Å². The van der Waals surface area contributed by atoms with Gasteiger partial charge in [0.1, 0.15) is 5.82 Å². The summed E-state index contributed by atoms with van der Waals surface area (Å²) < 4.78 is 2.09. The third kappa shape index (κ3) is 8.23. The molecule has 0 aliphatic rings. The van der Waals surface area contributed by atoms with Crippen LogP contribution < -0.4 is 11.1 Å². The monoisotopic (exact) mass is 440 g/mol. The van der Waals surface area contributed by atoms with E-state index in [0.717, 1.165) is 53.6 Å². The minimum absolute atomic E-state index is 0.811. The van der Waals surface area contributed by atoms with Gasteiger partial charge in [-0.2, -0.15) is 0 Å². The molecule has 0 amide bonds. The van der Waals surface area contributed by atoms with Crippen LogP contribution in [0.3, 0.4) is 0 Å². The molecule has 6 heteroatoms. The van der Waals surface area contributed by atoms with Crippen LogP contribution in [0.1, 0.15) is 78.1 Å². The number of aromatic nitrogens is 4. The van der Waals surface area contributed by atoms with Crippen molar-refractivity contribution in [3.8, 4) is 0 Å². The lowest BCUT2D eigenvalue weighted by Crippen LogP contribution is -2.07. The van der Waals surface area contributed by atoms with Crippen LogP contribution in [0.4, 0.5) is 5.82 Å². The van der Waals surface area contributed by atoms with Gasteiger partial charge in [0.15, 0.2) is 5.82 Å². The Morgan fingerprint density at radius 3 is 2.44 bits per heavy atom. The standard InChI is InChI=1S/C17H23N5.C8H16.CH5N/c1-4-6-7-10-18-16-17-21-20-12(3)22(17)15-9-8-13(5-2)11-14(15)19-16;1-7(2)5-6-8(3)4;1-2/h8-9,11H,4-7,10H2,1-3H3,(H,18,19);8H,1,5-6H2,2-4H3;2H2,1H3. The molecule has 3 rings (SSSR count). The summed E-state index contributed by atoms with van der Waals surface area (Å²) in [6.07, 6.45) is 7.07. The fourth-order valence-corrected chi connectivity index (χ4v) is 3.28. The molecule has 0 unspecified atom stereocenters. The summed E-state index contributed by atoms with van der Waals surface area (Å²) in [5.41, 5.74) is 9.97. The van der Waals surface area contributed by atoms with E-state index in [1.54, 1.807) is 0 Å². The number of hydrogen-bond donors (Lipinski definition) is 2. The van der Waals surface area contributed by atoms with Gasteiger partial charge in [-0.25, -0.2) is 4.98 Å². The van der Waals surface area contributed by atoms with Crippen molar-refractivity contribution in [3.63, 3.8) is 0 Å². The number of benzene rings is 1. The van der Waals surface area contributed by atoms with E-state index in [1.165, 1.54) is 43.9 Å². The van der Waals surface area contributed by atoms with E-state index >= 15 is 0 Å². The molecule has 0 saturated heterocycles. The molecule has 178 valence electrons. The second kappa shape index (κ2) is 14.6. The highest BCUT2D eigenvalue weighted by Crippen LogP contribution is 2.23. The van der Waals surface area contributed by atoms with Gasteiger partial charge in [0, 0.05) is 6.54 Å². The topological polar surface area (TPSA) is 81.1 Å². The molecule has 0 bridgehead atoms. The van der Waals surface area contributed by atoms with Crippen LogP contribution >= 0.6 is 0 Å². The molecule has 0 aliphatic carbocycles. The highest BCUT2D eigenvalue weighted by molar-refractivity contribution is 5.83. The first kappa shape index (κ1) is 27.6. The predicted octanol–water partition coefficient (Wildman–Crippen LogP) is 6.32. The van der Waals surface area contributed by atoms with E-state index in [4.69, 9.17) is 4.98 Å². The molecule has 32 heavy (non-hydrogen) atoms. The third-order valence-corrected chi connectivity index (χ3v) is 5.18. The molecule has 2 heterocycles. The Labute approximate surface area is 194 Å². The van der Waals surface area contributed by atoms with Crippen LogP contribution in [0.25, 0.3) is 16.7 Å². The number of rotatable bonds is 9. The normalized spacial score (nSPS) is 10.5. The van der Waals surface area contributed by atoms with Crippen molar-refractivity contribution < 1.29 is 0 Å². The van der Waals surface area contributed by atoms with Gasteiger partial charge in [0.2, 0.25) is 5.65 Å². The quantitative estimate of drug-likeness (QED) is 0.300. The number of anilines is 1. The second-order valence-corrected chi connectivity index (χ2v) is 8.57. The maximum absolute atomic E-state index is 4.79. The number of hydrogen-bond acceptors (Lipinski definition) is 5. The number of nitrogens with two attached hydrogens (primary N) is 1. The number of unbranched alkanes of at least 4 members (excludes halogenated alkanes) is 2. The van der Waals surface area contributed by atoms with Crippen LogP contribution in [0.5, 0.6) is 0 Å². The third-order valence-electron chi connectivity index (χ3n) is 5.18. The van der Waals surface area contributed by atoms with Crippen molar-refractivity contribution in [2.24, 2.45) is 11.7 Å². The Morgan fingerprint density at radius 1 is 1.16 bits per heavy atom. The van der Waals surface area contributed by atoms with E-state index in [2.05, 4.69) is 85.0 Å². The fraction of sp³-hybridized carbons (Fsp3) is 0.577. The SMILES string of the molecule is C=C(C)CCC(C)C.CCCCCNc1nc2cc(CC)ccc2n2c(C)nnc12.CN. The van der Waals surface area contributed by atoms with E-state index in [-0.39, 0.29) is 0 Å². The summed E-state index contributed by atoms with van der Waals surface area (Å²) >= 11 is 0. The minimum Gasteiger partial charge on any atom is -0.367 e. The van der Waals surface area contributed by atoms with Gasteiger partial charge < -0.3 is 11.1 Å². The molecule has 0 fully saturated rings. The molecular formula is C26H44N6. The van der Waals surface area contributed by atoms with Crippen LogP contribution in [0.15, 0.2) is 30.4 Å². The Balaban J connectivity index is 0.000000436. The first-order valence-corrected chi connectivity index (χ1v) is 12.0. The number of nitrogens with zero attached hydrogens (tertiary/aromatic N) is 4. The van der Waals surface area contributed by atoms with E-state index in [1.807, 2.05) is 6.92 Å². The summed E-state index contributed by atoms with van der Waals surface area (Å²) in [5.74, 6) is 2.55. The van der Waals surface area contributed by atoms with Gasteiger partial charge >= 0.3 is 0 Å². The molecule has 3 aromatic rings. The Kier molecular flexibility index (Phi) is 12.5. The van der Waals surface area contributed by atoms with Crippen molar-refractivity contribution in [1.82, 2.24) is 19.6 Å². The summed E-state index contributed by atoms with van der Waals surface area (Å²) in [5, 5.41) is 12.0. The number of nitrogens with one attached hydrogen (secondary N) is 1. The molecule has 0 radical (unpaired) electrons. The molecular weight excluding hydrogens is 396 g/mol. The zero-order valence-electron chi connectivity index (χ0n) is 21.3. The minimum atomic E-state index is 0.811. The average molecular weight is 441 g/mol. The number of aryl methyl sites for hydroxylation is 2. The summed E-state index contributed by atoms with van der Waals surface area (Å²) in [4.78, 5) is 4.79. The van der Waals surface area contributed by atoms with Gasteiger partial charge in [0.05, 0.1) is 11.0 Å². The Hall–Kier alpha value is -2.47. The zero-order chi connectivity index (χ0) is 24.1. The smallest absolute Gasteiger partial charge is 0.204 e. The first-order chi connectivity index (χ1) is 15.4. The number of fused-ring (bicyclic) bond motifs is 3. The molecule has 3 N–H and O–H groups in total. The van der Waals surface area contributed by atoms with E-state index in [9.17, 15) is 0 Å². The van der Waals surface area contributed by atoms with Gasteiger partial charge in [0.25, 0.3) is 0 Å². The van der Waals surface area contributed by atoms with Crippen molar-refractivity contribution >= 4 is 22.5 Å². The van der Waals surface area contributed by atoms with Crippen LogP contribution in [0, 0.1) is 12.8 Å². The highest BCUT2D eigenvalue weighted by Gasteiger charge is 2.12. The molecule has 2 aromatic heterocycles. The van der Waals surface area contributed by atoms with Crippen molar-refractivity contribution in [2.45, 2.75) is 80.1 Å². The average Bonchev–Trinajstić information content (AvgIpc) is 3.18. The molecule has 6 nitrogen and oxygen atoms in total. The van der Waals surface area contributed by atoms with Gasteiger partial charge in [-0.15, -0.1) is 16.8 Å². The van der Waals surface area contributed by atoms with E-state index in [0.29, 0.717) is 0 Å². The number of allylic oxidation sites excluding steroid dienone is 1. The summed E-state index contributed by atoms with van der Waals surface area (Å²) in [7, 11) is 1.50. The van der Waals surface area contributed by atoms with E-state index < -0.39 is 0 Å². The molecule has 0 atom stereocenters. The van der Waals surface area contributed by atoms with Crippen molar-refractivity contribution in [2.75, 3.05) is 18.9 Å². The maximum Gasteiger partial charge on any atom is 0.204 e. The zero-order valence-corrected chi connectivity index (χ0v) is 21.3. The first-order valence-electron chi connectivity index (χ1n) is 12.0. The molecule has 0 aliphatic heterocycles. The lowest BCUT2D eigenvalue weighted by Gasteiger charge is -2.10. The molecule has 0 saturated carbocycles. The Morgan fingerprint density at radius 2 is 1.88 bits per heavy atom. The molecule has 1 aromatic carbocycles. The molecule has 0 spiro atoms. The largest absolute Gasteiger partial charge is 0.367 e. The maximum atomic E-state index is 4.79. The van der Waals surface area contributed by atoms with Crippen molar-refractivity contribution in [1.29, 1.82) is 0 Å². The van der Waals surface area contributed by atoms with Gasteiger partial charge in [-0.05, 0) is 70.2 Å². The lowest BCUT2D eigenvalue weighted by molar-refractivity contribution is 0.585. The predicted molar refractivity (Wildman–Crippen MR) is 139 cm³/mol. The lowest BCUT2D eigenvalue weighted by atomic mass is 10.1. The van der Waals surface area contributed by atoms with Crippen molar-refractivity contribution in [3.05, 3.63) is 41.7 Å². The highest BCUT2D eigenvalue weighted by atomic mass is 15.3. The van der Waals surface area contributed by atoms with Crippen LogP contribution in [-0.2, 0) is 6.42 Å². The van der Waals surface area contributed by atoms with Gasteiger partial charge in [-0.3, -0.25) is 4.40 Å². The van der Waals surface area contributed by atoms with Gasteiger partial charge in [-0.1, -0.05) is 52.2 Å².